The van der Waals surface area contributed by atoms with Gasteiger partial charge in [-0.1, -0.05) is 48.5 Å². The quantitative estimate of drug-likeness (QED) is 0.703. The van der Waals surface area contributed by atoms with Crippen LogP contribution in [0.25, 0.3) is 11.1 Å². The number of nitrogens with two attached hydrogens (primary N) is 1. The van der Waals surface area contributed by atoms with E-state index in [1.165, 1.54) is 29.4 Å². The average Bonchev–Trinajstić information content (AvgIpc) is 3.00. The van der Waals surface area contributed by atoms with Gasteiger partial charge in [-0.2, -0.15) is 0 Å². The number of ether oxygens (including phenoxy) is 1. The molecular weight excluding hydrogens is 324 g/mol. The van der Waals surface area contributed by atoms with Gasteiger partial charge in [-0.05, 0) is 46.5 Å². The van der Waals surface area contributed by atoms with E-state index in [0.717, 1.165) is 5.69 Å². The van der Waals surface area contributed by atoms with Gasteiger partial charge in [-0.3, -0.25) is 4.90 Å². The predicted molar refractivity (Wildman–Crippen MR) is 104 cm³/mol. The molecule has 0 heterocycles. The third kappa shape index (κ3) is 2.69. The second-order valence-corrected chi connectivity index (χ2v) is 6.40. The van der Waals surface area contributed by atoms with Gasteiger partial charge in [-0.15, -0.1) is 0 Å². The van der Waals surface area contributed by atoms with E-state index in [1.54, 1.807) is 17.0 Å². The molecule has 0 bridgehead atoms. The summed E-state index contributed by atoms with van der Waals surface area (Å²) >= 11 is 0. The van der Waals surface area contributed by atoms with Crippen LogP contribution in [-0.2, 0) is 4.74 Å². The maximum Gasteiger partial charge on any atom is 0.414 e. The Morgan fingerprint density at radius 1 is 0.923 bits per heavy atom. The highest BCUT2D eigenvalue weighted by Gasteiger charge is 2.31. The number of rotatable bonds is 3. The standard InChI is InChI=1S/C22H20N2O2/c1-26-22(25)24(16-12-10-15(23)11-13-16)14-21-19-8-4-2-6-17(19)18-7-3-5-9-20(18)21/h2-13,21H,14,23H2,1H3. The number of hydrogen-bond acceptors (Lipinski definition) is 3. The molecule has 1 amide bonds. The summed E-state index contributed by atoms with van der Waals surface area (Å²) in [5.41, 5.74) is 12.2. The Morgan fingerprint density at radius 2 is 1.46 bits per heavy atom. The van der Waals surface area contributed by atoms with Gasteiger partial charge in [0.1, 0.15) is 0 Å². The highest BCUT2D eigenvalue weighted by Crippen LogP contribution is 2.45. The molecule has 4 nitrogen and oxygen atoms in total. The first-order chi connectivity index (χ1) is 12.7. The minimum atomic E-state index is -0.378. The van der Waals surface area contributed by atoms with Crippen molar-refractivity contribution in [3.05, 3.63) is 83.9 Å². The van der Waals surface area contributed by atoms with Crippen LogP contribution >= 0.6 is 0 Å². The van der Waals surface area contributed by atoms with Crippen molar-refractivity contribution in [2.75, 3.05) is 24.3 Å². The molecule has 1 aliphatic carbocycles. The molecule has 1 aliphatic rings. The molecule has 4 heteroatoms. The van der Waals surface area contributed by atoms with Gasteiger partial charge in [-0.25, -0.2) is 4.79 Å². The van der Waals surface area contributed by atoms with Crippen LogP contribution < -0.4 is 10.6 Å². The fraction of sp³-hybridized carbons (Fsp3) is 0.136. The summed E-state index contributed by atoms with van der Waals surface area (Å²) in [5.74, 6) is 0.0963. The van der Waals surface area contributed by atoms with Crippen molar-refractivity contribution in [1.82, 2.24) is 0 Å². The fourth-order valence-electron chi connectivity index (χ4n) is 3.69. The van der Waals surface area contributed by atoms with E-state index >= 15 is 0 Å². The summed E-state index contributed by atoms with van der Waals surface area (Å²) in [6.45, 7) is 0.505. The normalized spacial score (nSPS) is 12.3. The number of carbonyl (C=O) groups is 1. The minimum Gasteiger partial charge on any atom is -0.452 e. The van der Waals surface area contributed by atoms with E-state index < -0.39 is 0 Å². The summed E-state index contributed by atoms with van der Waals surface area (Å²) in [7, 11) is 1.41. The summed E-state index contributed by atoms with van der Waals surface area (Å²) < 4.78 is 5.04. The van der Waals surface area contributed by atoms with Gasteiger partial charge in [0.2, 0.25) is 0 Å². The van der Waals surface area contributed by atoms with Gasteiger partial charge in [0.15, 0.2) is 0 Å². The lowest BCUT2D eigenvalue weighted by atomic mass is 9.96. The Balaban J connectivity index is 1.76. The SMILES string of the molecule is COC(=O)N(CC1c2ccccc2-c2ccccc21)c1ccc(N)cc1. The number of anilines is 2. The van der Waals surface area contributed by atoms with Crippen molar-refractivity contribution in [2.24, 2.45) is 0 Å². The van der Waals surface area contributed by atoms with Gasteiger partial charge >= 0.3 is 6.09 Å². The maximum absolute atomic E-state index is 12.5. The maximum atomic E-state index is 12.5. The van der Waals surface area contributed by atoms with E-state index in [9.17, 15) is 4.79 Å². The molecule has 0 saturated carbocycles. The largest absolute Gasteiger partial charge is 0.452 e. The summed E-state index contributed by atoms with van der Waals surface area (Å²) in [4.78, 5) is 14.2. The van der Waals surface area contributed by atoms with Crippen LogP contribution in [0.3, 0.4) is 0 Å². The van der Waals surface area contributed by atoms with Crippen molar-refractivity contribution in [3.8, 4) is 11.1 Å². The lowest BCUT2D eigenvalue weighted by Crippen LogP contribution is -2.34. The van der Waals surface area contributed by atoms with Crippen molar-refractivity contribution in [3.63, 3.8) is 0 Å². The molecule has 26 heavy (non-hydrogen) atoms. The molecule has 0 aliphatic heterocycles. The van der Waals surface area contributed by atoms with Crippen LogP contribution in [0.4, 0.5) is 16.2 Å². The van der Waals surface area contributed by atoms with Crippen LogP contribution in [-0.4, -0.2) is 19.7 Å². The van der Waals surface area contributed by atoms with Crippen LogP contribution in [0.1, 0.15) is 17.0 Å². The Bertz CT molecular complexity index is 905. The molecule has 0 saturated heterocycles. The van der Waals surface area contributed by atoms with Crippen molar-refractivity contribution >= 4 is 17.5 Å². The third-order valence-corrected chi connectivity index (χ3v) is 4.93. The number of fused-ring (bicyclic) bond motifs is 3. The Morgan fingerprint density at radius 3 is 2.00 bits per heavy atom. The smallest absolute Gasteiger partial charge is 0.414 e. The molecule has 0 spiro atoms. The predicted octanol–water partition coefficient (Wildman–Crippen LogP) is 4.65. The number of nitrogens with zero attached hydrogens (tertiary/aromatic N) is 1. The third-order valence-electron chi connectivity index (χ3n) is 4.93. The van der Waals surface area contributed by atoms with Gasteiger partial charge in [0, 0.05) is 23.8 Å². The number of hydrogen-bond donors (Lipinski definition) is 1. The zero-order chi connectivity index (χ0) is 18.1. The van der Waals surface area contributed by atoms with Crippen LogP contribution in [0.15, 0.2) is 72.8 Å². The topological polar surface area (TPSA) is 55.6 Å². The number of amides is 1. The van der Waals surface area contributed by atoms with E-state index in [4.69, 9.17) is 10.5 Å². The van der Waals surface area contributed by atoms with Gasteiger partial charge in [0.05, 0.1) is 7.11 Å². The van der Waals surface area contributed by atoms with Crippen molar-refractivity contribution in [1.29, 1.82) is 0 Å². The molecule has 3 aromatic carbocycles. The van der Waals surface area contributed by atoms with Crippen molar-refractivity contribution in [2.45, 2.75) is 5.92 Å². The lowest BCUT2D eigenvalue weighted by molar-refractivity contribution is 0.178. The highest BCUT2D eigenvalue weighted by molar-refractivity contribution is 5.89. The first kappa shape index (κ1) is 16.2. The first-order valence-corrected chi connectivity index (χ1v) is 8.58. The second kappa shape index (κ2) is 6.56. The average molecular weight is 344 g/mol. The van der Waals surface area contributed by atoms with Gasteiger partial charge < -0.3 is 10.5 Å². The summed E-state index contributed by atoms with van der Waals surface area (Å²) in [6, 6.07) is 24.0. The molecule has 0 aromatic heterocycles. The zero-order valence-electron chi connectivity index (χ0n) is 14.6. The van der Waals surface area contributed by atoms with E-state index in [-0.39, 0.29) is 12.0 Å². The van der Waals surface area contributed by atoms with E-state index in [2.05, 4.69) is 36.4 Å². The molecule has 3 aromatic rings. The number of nitrogen functional groups attached to an aromatic ring is 1. The summed E-state index contributed by atoms with van der Waals surface area (Å²) in [6.07, 6.45) is -0.378. The number of benzene rings is 3. The molecule has 0 fully saturated rings. The lowest BCUT2D eigenvalue weighted by Gasteiger charge is -2.26. The molecule has 0 radical (unpaired) electrons. The highest BCUT2D eigenvalue weighted by atomic mass is 16.5. The molecule has 0 atom stereocenters. The van der Waals surface area contributed by atoms with Crippen LogP contribution in [0.2, 0.25) is 0 Å². The fourth-order valence-corrected chi connectivity index (χ4v) is 3.69. The van der Waals surface area contributed by atoms with Crippen molar-refractivity contribution < 1.29 is 9.53 Å². The first-order valence-electron chi connectivity index (χ1n) is 8.58. The Hall–Kier alpha value is -3.27. The number of methoxy groups -OCH3 is 1. The van der Waals surface area contributed by atoms with E-state index in [1.807, 2.05) is 24.3 Å². The molecule has 2 N–H and O–H groups in total. The molecule has 4 rings (SSSR count). The second-order valence-electron chi connectivity index (χ2n) is 6.40. The Labute approximate surface area is 152 Å². The van der Waals surface area contributed by atoms with Gasteiger partial charge in [0.25, 0.3) is 0 Å². The molecule has 130 valence electrons. The van der Waals surface area contributed by atoms with Crippen LogP contribution in [0.5, 0.6) is 0 Å². The summed E-state index contributed by atoms with van der Waals surface area (Å²) in [5, 5.41) is 0. The molecular formula is C22H20N2O2. The number of carbonyl (C=O) groups excluding carboxylic acids is 1. The monoisotopic (exact) mass is 344 g/mol. The Kier molecular flexibility index (Phi) is 4.09. The zero-order valence-corrected chi connectivity index (χ0v) is 14.6. The molecule has 0 unspecified atom stereocenters. The minimum absolute atomic E-state index is 0.0963. The van der Waals surface area contributed by atoms with E-state index in [0.29, 0.717) is 12.2 Å². The van der Waals surface area contributed by atoms with Crippen LogP contribution in [0, 0.1) is 0 Å².